The molecule has 0 rings (SSSR count). The summed E-state index contributed by atoms with van der Waals surface area (Å²) < 4.78 is 0. The molecule has 0 aromatic rings. The maximum Gasteiger partial charge on any atom is 0.0443 e. The Labute approximate surface area is 81.2 Å². The number of aliphatic hydroxyl groups is 2. The van der Waals surface area contributed by atoms with Gasteiger partial charge in [0, 0.05) is 19.8 Å². The predicted octanol–water partition coefficient (Wildman–Crippen LogP) is 0.757. The first-order valence-corrected chi connectivity index (χ1v) is 5.05. The summed E-state index contributed by atoms with van der Waals surface area (Å²) in [4.78, 5) is 0. The van der Waals surface area contributed by atoms with Crippen molar-refractivity contribution < 1.29 is 10.2 Å². The van der Waals surface area contributed by atoms with Gasteiger partial charge in [-0.15, -0.1) is 0 Å². The first kappa shape index (κ1) is 12.9. The number of rotatable bonds is 8. The van der Waals surface area contributed by atoms with E-state index < -0.39 is 0 Å². The van der Waals surface area contributed by atoms with Crippen LogP contribution in [0.1, 0.15) is 33.1 Å². The molecule has 0 unspecified atom stereocenters. The molecule has 0 aliphatic carbocycles. The molecule has 0 aliphatic heterocycles. The Balaban J connectivity index is 3.39. The van der Waals surface area contributed by atoms with E-state index in [2.05, 4.69) is 19.2 Å². The van der Waals surface area contributed by atoms with Gasteiger partial charge in [0.25, 0.3) is 0 Å². The topological polar surface area (TPSA) is 52.5 Å². The molecule has 13 heavy (non-hydrogen) atoms. The molecule has 3 heteroatoms. The van der Waals surface area contributed by atoms with Gasteiger partial charge in [0.15, 0.2) is 0 Å². The van der Waals surface area contributed by atoms with Crippen molar-refractivity contribution in [1.29, 1.82) is 0 Å². The lowest BCUT2D eigenvalue weighted by Gasteiger charge is -2.24. The molecule has 0 heterocycles. The molecular formula is C10H23NO2. The minimum absolute atomic E-state index is 0.248. The van der Waals surface area contributed by atoms with E-state index >= 15 is 0 Å². The second kappa shape index (κ2) is 7.30. The van der Waals surface area contributed by atoms with E-state index in [9.17, 15) is 0 Å². The Bertz CT molecular complexity index is 115. The summed E-state index contributed by atoms with van der Waals surface area (Å²) in [5.41, 5.74) is 0.248. The summed E-state index contributed by atoms with van der Waals surface area (Å²) in [6.07, 6.45) is 2.72. The van der Waals surface area contributed by atoms with Crippen molar-refractivity contribution in [2.45, 2.75) is 33.1 Å². The van der Waals surface area contributed by atoms with Crippen molar-refractivity contribution in [3.63, 3.8) is 0 Å². The lowest BCUT2D eigenvalue weighted by molar-refractivity contribution is 0.233. The van der Waals surface area contributed by atoms with Gasteiger partial charge in [-0.25, -0.2) is 0 Å². The molecule has 0 spiro atoms. The van der Waals surface area contributed by atoms with Crippen LogP contribution in [0, 0.1) is 5.41 Å². The fourth-order valence-electron chi connectivity index (χ4n) is 1.28. The maximum absolute atomic E-state index is 8.69. The van der Waals surface area contributed by atoms with E-state index in [-0.39, 0.29) is 18.6 Å². The minimum Gasteiger partial charge on any atom is -0.396 e. The van der Waals surface area contributed by atoms with Crippen molar-refractivity contribution in [2.75, 3.05) is 26.3 Å². The van der Waals surface area contributed by atoms with Crippen LogP contribution in [-0.2, 0) is 0 Å². The smallest absolute Gasteiger partial charge is 0.0443 e. The predicted molar refractivity (Wildman–Crippen MR) is 54.7 cm³/mol. The zero-order chi connectivity index (χ0) is 10.2. The van der Waals surface area contributed by atoms with E-state index in [0.717, 1.165) is 32.4 Å². The van der Waals surface area contributed by atoms with Gasteiger partial charge in [0.1, 0.15) is 0 Å². The van der Waals surface area contributed by atoms with Crippen molar-refractivity contribution in [3.05, 3.63) is 0 Å². The molecule has 0 radical (unpaired) electrons. The van der Waals surface area contributed by atoms with Crippen molar-refractivity contribution in [1.82, 2.24) is 5.32 Å². The van der Waals surface area contributed by atoms with Gasteiger partial charge < -0.3 is 15.5 Å². The van der Waals surface area contributed by atoms with Gasteiger partial charge >= 0.3 is 0 Å². The van der Waals surface area contributed by atoms with E-state index in [0.29, 0.717) is 0 Å². The third-order valence-corrected chi connectivity index (χ3v) is 2.13. The maximum atomic E-state index is 8.69. The molecule has 0 bridgehead atoms. The minimum atomic E-state index is 0.248. The summed E-state index contributed by atoms with van der Waals surface area (Å²) in [5, 5.41) is 20.5. The lowest BCUT2D eigenvalue weighted by atomic mass is 9.88. The zero-order valence-corrected chi connectivity index (χ0v) is 8.84. The lowest BCUT2D eigenvalue weighted by Crippen LogP contribution is -2.30. The van der Waals surface area contributed by atoms with Gasteiger partial charge in [-0.2, -0.15) is 0 Å². The third kappa shape index (κ3) is 8.22. The Morgan fingerprint density at radius 3 is 2.23 bits per heavy atom. The van der Waals surface area contributed by atoms with Gasteiger partial charge in [-0.1, -0.05) is 13.8 Å². The largest absolute Gasteiger partial charge is 0.396 e. The summed E-state index contributed by atoms with van der Waals surface area (Å²) >= 11 is 0. The van der Waals surface area contributed by atoms with E-state index in [1.54, 1.807) is 0 Å². The Hall–Kier alpha value is -0.120. The van der Waals surface area contributed by atoms with Gasteiger partial charge in [-0.05, 0) is 31.2 Å². The summed E-state index contributed by atoms with van der Waals surface area (Å²) in [5.74, 6) is 0. The van der Waals surface area contributed by atoms with Crippen molar-refractivity contribution in [2.24, 2.45) is 5.41 Å². The Kier molecular flexibility index (Phi) is 7.23. The zero-order valence-electron chi connectivity index (χ0n) is 8.84. The normalized spacial score (nSPS) is 12.0. The highest BCUT2D eigenvalue weighted by molar-refractivity contribution is 4.71. The van der Waals surface area contributed by atoms with Crippen LogP contribution in [0.25, 0.3) is 0 Å². The average molecular weight is 189 g/mol. The van der Waals surface area contributed by atoms with Crippen LogP contribution in [-0.4, -0.2) is 36.5 Å². The molecule has 0 atom stereocenters. The first-order chi connectivity index (χ1) is 6.12. The molecule has 0 aliphatic rings. The Morgan fingerprint density at radius 1 is 1.08 bits per heavy atom. The molecule has 3 N–H and O–H groups in total. The SMILES string of the molecule is CC(C)(CCCO)CNCCCO. The molecule has 0 fully saturated rings. The van der Waals surface area contributed by atoms with E-state index in [1.165, 1.54) is 0 Å². The molecule has 0 amide bonds. The molecule has 0 aromatic heterocycles. The second-order valence-electron chi connectivity index (χ2n) is 4.25. The monoisotopic (exact) mass is 189 g/mol. The van der Waals surface area contributed by atoms with Crippen molar-refractivity contribution in [3.8, 4) is 0 Å². The summed E-state index contributed by atoms with van der Waals surface area (Å²) in [6.45, 7) is 6.74. The fourth-order valence-corrected chi connectivity index (χ4v) is 1.28. The highest BCUT2D eigenvalue weighted by Crippen LogP contribution is 2.20. The van der Waals surface area contributed by atoms with Crippen LogP contribution in [0.5, 0.6) is 0 Å². The molecule has 3 nitrogen and oxygen atoms in total. The molecule has 0 saturated heterocycles. The second-order valence-corrected chi connectivity index (χ2v) is 4.25. The molecule has 0 aromatic carbocycles. The van der Waals surface area contributed by atoms with Gasteiger partial charge in [0.2, 0.25) is 0 Å². The van der Waals surface area contributed by atoms with Gasteiger partial charge in [-0.3, -0.25) is 0 Å². The third-order valence-electron chi connectivity index (χ3n) is 2.13. The number of hydrogen-bond donors (Lipinski definition) is 3. The van der Waals surface area contributed by atoms with Gasteiger partial charge in [0.05, 0.1) is 0 Å². The standard InChI is InChI=1S/C10H23NO2/c1-10(2,5-3-7-12)9-11-6-4-8-13/h11-13H,3-9H2,1-2H3. The van der Waals surface area contributed by atoms with Crippen molar-refractivity contribution >= 4 is 0 Å². The highest BCUT2D eigenvalue weighted by Gasteiger charge is 2.15. The molecule has 80 valence electrons. The number of nitrogens with one attached hydrogen (secondary N) is 1. The average Bonchev–Trinajstić information content (AvgIpc) is 2.09. The summed E-state index contributed by atoms with van der Waals surface area (Å²) in [7, 11) is 0. The van der Waals surface area contributed by atoms with E-state index in [1.807, 2.05) is 0 Å². The summed E-state index contributed by atoms with van der Waals surface area (Å²) in [6, 6.07) is 0. The Morgan fingerprint density at radius 2 is 1.69 bits per heavy atom. The fraction of sp³-hybridized carbons (Fsp3) is 1.00. The van der Waals surface area contributed by atoms with E-state index in [4.69, 9.17) is 10.2 Å². The molecular weight excluding hydrogens is 166 g/mol. The first-order valence-electron chi connectivity index (χ1n) is 5.05. The van der Waals surface area contributed by atoms with Crippen LogP contribution >= 0.6 is 0 Å². The number of aliphatic hydroxyl groups excluding tert-OH is 2. The van der Waals surface area contributed by atoms with Crippen LogP contribution in [0.3, 0.4) is 0 Å². The quantitative estimate of drug-likeness (QED) is 0.494. The van der Waals surface area contributed by atoms with Crippen LogP contribution in [0.4, 0.5) is 0 Å². The van der Waals surface area contributed by atoms with Crippen LogP contribution in [0.2, 0.25) is 0 Å². The van der Waals surface area contributed by atoms with Crippen LogP contribution in [0.15, 0.2) is 0 Å². The van der Waals surface area contributed by atoms with Crippen LogP contribution < -0.4 is 5.32 Å². The highest BCUT2D eigenvalue weighted by atomic mass is 16.3. The molecule has 0 saturated carbocycles. The number of hydrogen-bond acceptors (Lipinski definition) is 3.